The maximum absolute atomic E-state index is 14.4. The fourth-order valence-electron chi connectivity index (χ4n) is 4.13. The number of nitrogens with zero attached hydrogens (tertiary/aromatic N) is 3. The number of guanidine groups is 2. The van der Waals surface area contributed by atoms with Gasteiger partial charge < -0.3 is 16.2 Å². The van der Waals surface area contributed by atoms with Gasteiger partial charge in [0.05, 0.1) is 11.3 Å². The molecule has 6 nitrogen and oxygen atoms in total. The van der Waals surface area contributed by atoms with E-state index in [1.54, 1.807) is 23.1 Å². The largest absolute Gasteiger partial charge is 0.449 e. The molecule has 4 rings (SSSR count). The summed E-state index contributed by atoms with van der Waals surface area (Å²) >= 11 is 0. The lowest BCUT2D eigenvalue weighted by atomic mass is 9.87. The molecule has 0 unspecified atom stereocenters. The molecule has 1 saturated carbocycles. The summed E-state index contributed by atoms with van der Waals surface area (Å²) in [6, 6.07) is 6.62. The van der Waals surface area contributed by atoms with E-state index in [2.05, 4.69) is 9.98 Å². The second-order valence-corrected chi connectivity index (χ2v) is 7.66. The van der Waals surface area contributed by atoms with Crippen molar-refractivity contribution >= 4 is 17.6 Å². The van der Waals surface area contributed by atoms with E-state index >= 15 is 0 Å². The number of nitrogens with two attached hydrogens (primary N) is 2. The summed E-state index contributed by atoms with van der Waals surface area (Å²) in [4.78, 5) is 10.2. The third-order valence-electron chi connectivity index (χ3n) is 5.50. The Morgan fingerprint density at radius 1 is 0.969 bits per heavy atom. The minimum absolute atomic E-state index is 0.0242. The van der Waals surface area contributed by atoms with Gasteiger partial charge in [0.25, 0.3) is 0 Å². The molecule has 2 aliphatic rings. The number of benzene rings is 2. The van der Waals surface area contributed by atoms with Crippen molar-refractivity contribution in [3.05, 3.63) is 53.6 Å². The number of aliphatic imine (C=N–C) groups is 2. The van der Waals surface area contributed by atoms with E-state index in [-0.39, 0.29) is 29.8 Å². The van der Waals surface area contributed by atoms with Crippen LogP contribution in [0.4, 0.5) is 27.6 Å². The Hall–Kier alpha value is -3.37. The van der Waals surface area contributed by atoms with Crippen molar-refractivity contribution in [2.75, 3.05) is 4.90 Å². The zero-order chi connectivity index (χ0) is 23.1. The highest BCUT2D eigenvalue weighted by molar-refractivity contribution is 6.06. The van der Waals surface area contributed by atoms with Crippen LogP contribution in [-0.4, -0.2) is 17.6 Å². The molecule has 1 heterocycles. The van der Waals surface area contributed by atoms with E-state index in [0.29, 0.717) is 18.5 Å². The Morgan fingerprint density at radius 2 is 1.59 bits per heavy atom. The van der Waals surface area contributed by atoms with Gasteiger partial charge in [0.15, 0.2) is 23.1 Å². The van der Waals surface area contributed by atoms with Gasteiger partial charge in [-0.15, -0.1) is 0 Å². The summed E-state index contributed by atoms with van der Waals surface area (Å²) in [5, 5.41) is 0. The van der Waals surface area contributed by atoms with Gasteiger partial charge in [-0.25, -0.2) is 13.8 Å². The summed E-state index contributed by atoms with van der Waals surface area (Å²) in [6.45, 7) is 0. The van der Waals surface area contributed by atoms with Gasteiger partial charge >= 0.3 is 6.18 Å². The summed E-state index contributed by atoms with van der Waals surface area (Å²) in [5.41, 5.74) is 10.1. The highest BCUT2D eigenvalue weighted by Crippen LogP contribution is 2.44. The molecule has 0 saturated heterocycles. The Labute approximate surface area is 180 Å². The van der Waals surface area contributed by atoms with Crippen LogP contribution in [-0.2, 0) is 6.18 Å². The Balaban J connectivity index is 1.77. The van der Waals surface area contributed by atoms with Gasteiger partial charge in [-0.1, -0.05) is 18.6 Å². The minimum atomic E-state index is -4.90. The number of hydrogen-bond donors (Lipinski definition) is 2. The smallest absolute Gasteiger partial charge is 0.416 e. The first-order valence-electron chi connectivity index (χ1n) is 9.93. The molecule has 2 aromatic carbocycles. The fourth-order valence-corrected chi connectivity index (χ4v) is 4.13. The van der Waals surface area contributed by atoms with E-state index in [0.717, 1.165) is 19.3 Å². The predicted octanol–water partition coefficient (Wildman–Crippen LogP) is 4.89. The van der Waals surface area contributed by atoms with Crippen LogP contribution < -0.4 is 21.1 Å². The normalized spacial score (nSPS) is 18.3. The molecule has 0 atom stereocenters. The van der Waals surface area contributed by atoms with Gasteiger partial charge in [-0.05, 0) is 49.9 Å². The SMILES string of the molecule is NC1=NC2(CCCCC2)N(c2ccccc2Oc2c(F)cc(C(F)(F)F)cc2F)C(N)=N1. The van der Waals surface area contributed by atoms with Crippen LogP contribution in [0.15, 0.2) is 46.4 Å². The van der Waals surface area contributed by atoms with Gasteiger partial charge in [-0.2, -0.15) is 18.2 Å². The standard InChI is InChI=1S/C21H20F5N5O/c22-13-10-12(21(24,25)26)11-14(23)17(13)32-16-7-3-2-6-15(16)31-19(28)29-18(27)30-20(31)8-4-1-5-9-20/h2-3,6-7,10-11H,1,4-5,8-9H2,(H4,27,28,29,30). The molecule has 0 radical (unpaired) electrons. The molecule has 0 aromatic heterocycles. The summed E-state index contributed by atoms with van der Waals surface area (Å²) in [5.74, 6) is -3.89. The Kier molecular flexibility index (Phi) is 5.43. The van der Waals surface area contributed by atoms with E-state index in [1.807, 2.05) is 0 Å². The maximum Gasteiger partial charge on any atom is 0.416 e. The zero-order valence-corrected chi connectivity index (χ0v) is 16.8. The molecule has 1 aliphatic carbocycles. The van der Waals surface area contributed by atoms with Crippen molar-refractivity contribution in [1.82, 2.24) is 0 Å². The predicted molar refractivity (Wildman–Crippen MR) is 109 cm³/mol. The number of hydrogen-bond acceptors (Lipinski definition) is 6. The average Bonchev–Trinajstić information content (AvgIpc) is 2.71. The monoisotopic (exact) mass is 453 g/mol. The molecular formula is C21H20F5N5O. The van der Waals surface area contributed by atoms with Crippen LogP contribution in [0.25, 0.3) is 0 Å². The Morgan fingerprint density at radius 3 is 2.22 bits per heavy atom. The molecular weight excluding hydrogens is 433 g/mol. The molecule has 0 bridgehead atoms. The summed E-state index contributed by atoms with van der Waals surface area (Å²) < 4.78 is 72.9. The third kappa shape index (κ3) is 3.94. The summed E-state index contributed by atoms with van der Waals surface area (Å²) in [7, 11) is 0. The van der Waals surface area contributed by atoms with E-state index in [1.165, 1.54) is 6.07 Å². The lowest BCUT2D eigenvalue weighted by Gasteiger charge is -2.45. The zero-order valence-electron chi connectivity index (χ0n) is 16.8. The van der Waals surface area contributed by atoms with Gasteiger partial charge in [0, 0.05) is 0 Å². The van der Waals surface area contributed by atoms with E-state index < -0.39 is 34.8 Å². The second kappa shape index (κ2) is 7.95. The average molecular weight is 453 g/mol. The van der Waals surface area contributed by atoms with Crippen LogP contribution in [0.3, 0.4) is 0 Å². The number of halogens is 5. The van der Waals surface area contributed by atoms with Crippen LogP contribution in [0.5, 0.6) is 11.5 Å². The number of anilines is 1. The number of ether oxygens (including phenoxy) is 1. The topological polar surface area (TPSA) is 89.2 Å². The molecule has 1 fully saturated rings. The van der Waals surface area contributed by atoms with Crippen molar-refractivity contribution in [1.29, 1.82) is 0 Å². The van der Waals surface area contributed by atoms with Gasteiger partial charge in [0.1, 0.15) is 5.66 Å². The molecule has 32 heavy (non-hydrogen) atoms. The van der Waals surface area contributed by atoms with Crippen LogP contribution in [0.2, 0.25) is 0 Å². The molecule has 2 aromatic rings. The van der Waals surface area contributed by atoms with E-state index in [4.69, 9.17) is 16.2 Å². The molecule has 1 spiro atoms. The molecule has 1 aliphatic heterocycles. The number of para-hydroxylation sites is 2. The highest BCUT2D eigenvalue weighted by atomic mass is 19.4. The first-order chi connectivity index (χ1) is 15.1. The van der Waals surface area contributed by atoms with Crippen LogP contribution in [0.1, 0.15) is 37.7 Å². The lowest BCUT2D eigenvalue weighted by molar-refractivity contribution is -0.138. The van der Waals surface area contributed by atoms with Crippen LogP contribution >= 0.6 is 0 Å². The second-order valence-electron chi connectivity index (χ2n) is 7.66. The number of alkyl halides is 3. The van der Waals surface area contributed by atoms with Crippen molar-refractivity contribution < 1.29 is 26.7 Å². The molecule has 170 valence electrons. The van der Waals surface area contributed by atoms with Gasteiger partial charge in [0.2, 0.25) is 11.9 Å². The third-order valence-corrected chi connectivity index (χ3v) is 5.50. The fraction of sp³-hybridized carbons (Fsp3) is 0.333. The van der Waals surface area contributed by atoms with E-state index in [9.17, 15) is 22.0 Å². The lowest BCUT2D eigenvalue weighted by Crippen LogP contribution is -2.58. The first-order valence-corrected chi connectivity index (χ1v) is 9.93. The first kappa shape index (κ1) is 21.8. The highest BCUT2D eigenvalue weighted by Gasteiger charge is 2.43. The Bertz CT molecular complexity index is 1070. The van der Waals surface area contributed by atoms with Crippen molar-refractivity contribution in [2.45, 2.75) is 43.9 Å². The molecule has 11 heteroatoms. The van der Waals surface area contributed by atoms with Crippen molar-refractivity contribution in [2.24, 2.45) is 21.5 Å². The molecule has 0 amide bonds. The van der Waals surface area contributed by atoms with Crippen molar-refractivity contribution in [3.8, 4) is 11.5 Å². The maximum atomic E-state index is 14.4. The van der Waals surface area contributed by atoms with Gasteiger partial charge in [-0.3, -0.25) is 4.90 Å². The molecule has 4 N–H and O–H groups in total. The van der Waals surface area contributed by atoms with Crippen molar-refractivity contribution in [3.63, 3.8) is 0 Å². The number of rotatable bonds is 3. The van der Waals surface area contributed by atoms with Crippen LogP contribution in [0, 0.1) is 11.6 Å². The summed E-state index contributed by atoms with van der Waals surface area (Å²) in [6.07, 6.45) is -0.968. The quantitative estimate of drug-likeness (QED) is 0.648. The minimum Gasteiger partial charge on any atom is -0.449 e.